The Morgan fingerprint density at radius 1 is 0.960 bits per heavy atom. The van der Waals surface area contributed by atoms with E-state index in [4.69, 9.17) is 4.74 Å². The number of nitrogens with one attached hydrogen (secondary N) is 2. The number of hydrogen-bond acceptors (Lipinski definition) is 4. The van der Waals surface area contributed by atoms with Gasteiger partial charge in [0, 0.05) is 5.56 Å². The van der Waals surface area contributed by atoms with Crippen molar-refractivity contribution in [2.75, 3.05) is 18.5 Å². The molecule has 2 aromatic rings. The highest BCUT2D eigenvalue weighted by Gasteiger charge is 2.15. The first kappa shape index (κ1) is 18.2. The Morgan fingerprint density at radius 2 is 1.60 bits per heavy atom. The average Bonchev–Trinajstić information content (AvgIpc) is 2.60. The van der Waals surface area contributed by atoms with Crippen LogP contribution in [0.25, 0.3) is 0 Å². The van der Waals surface area contributed by atoms with Crippen molar-refractivity contribution in [2.24, 2.45) is 0 Å². The lowest BCUT2D eigenvalue weighted by molar-refractivity contribution is -0.115. The van der Waals surface area contributed by atoms with Crippen LogP contribution < -0.4 is 10.6 Å². The van der Waals surface area contributed by atoms with Gasteiger partial charge in [-0.2, -0.15) is 0 Å². The third kappa shape index (κ3) is 4.91. The maximum absolute atomic E-state index is 12.1. The van der Waals surface area contributed by atoms with Gasteiger partial charge in [-0.3, -0.25) is 9.59 Å². The molecule has 0 radical (unpaired) electrons. The number of para-hydroxylation sites is 1. The standard InChI is InChI=1S/C19H20N2O4/c1-3-25-19(24)15-10-6-7-11-16(15)21-17(22)12-20-18(23)14-9-5-4-8-13(14)2/h4-11H,3,12H2,1-2H3,(H,20,23)(H,21,22). The van der Waals surface area contributed by atoms with Crippen LogP contribution in [0.5, 0.6) is 0 Å². The summed E-state index contributed by atoms with van der Waals surface area (Å²) in [7, 11) is 0. The van der Waals surface area contributed by atoms with Crippen molar-refractivity contribution in [1.29, 1.82) is 0 Å². The van der Waals surface area contributed by atoms with Gasteiger partial charge in [0.15, 0.2) is 0 Å². The van der Waals surface area contributed by atoms with Gasteiger partial charge in [-0.25, -0.2) is 4.79 Å². The first-order chi connectivity index (χ1) is 12.0. The van der Waals surface area contributed by atoms with Crippen LogP contribution in [0.4, 0.5) is 5.69 Å². The van der Waals surface area contributed by atoms with Crippen molar-refractivity contribution in [3.63, 3.8) is 0 Å². The third-order valence-corrected chi connectivity index (χ3v) is 3.50. The number of esters is 1. The van der Waals surface area contributed by atoms with Gasteiger partial charge < -0.3 is 15.4 Å². The molecule has 25 heavy (non-hydrogen) atoms. The van der Waals surface area contributed by atoms with Gasteiger partial charge in [0.2, 0.25) is 5.91 Å². The van der Waals surface area contributed by atoms with Crippen LogP contribution in [0.2, 0.25) is 0 Å². The molecule has 6 nitrogen and oxygen atoms in total. The Balaban J connectivity index is 1.98. The van der Waals surface area contributed by atoms with E-state index in [1.54, 1.807) is 43.3 Å². The summed E-state index contributed by atoms with van der Waals surface area (Å²) in [5.74, 6) is -1.27. The Bertz CT molecular complexity index is 786. The fourth-order valence-electron chi connectivity index (χ4n) is 2.26. The van der Waals surface area contributed by atoms with Gasteiger partial charge in [-0.05, 0) is 37.6 Å². The zero-order chi connectivity index (χ0) is 18.2. The quantitative estimate of drug-likeness (QED) is 0.792. The van der Waals surface area contributed by atoms with E-state index in [2.05, 4.69) is 10.6 Å². The van der Waals surface area contributed by atoms with Crippen molar-refractivity contribution < 1.29 is 19.1 Å². The maximum atomic E-state index is 12.1. The second-order valence-corrected chi connectivity index (χ2v) is 5.31. The molecule has 130 valence electrons. The van der Waals surface area contributed by atoms with Crippen molar-refractivity contribution in [3.8, 4) is 0 Å². The van der Waals surface area contributed by atoms with E-state index in [9.17, 15) is 14.4 Å². The molecule has 0 saturated carbocycles. The highest BCUT2D eigenvalue weighted by atomic mass is 16.5. The Hall–Kier alpha value is -3.15. The topological polar surface area (TPSA) is 84.5 Å². The lowest BCUT2D eigenvalue weighted by Crippen LogP contribution is -2.33. The molecule has 0 atom stereocenters. The second-order valence-electron chi connectivity index (χ2n) is 5.31. The number of ether oxygens (including phenoxy) is 1. The number of carbonyl (C=O) groups excluding carboxylic acids is 3. The summed E-state index contributed by atoms with van der Waals surface area (Å²) in [6.45, 7) is 3.57. The van der Waals surface area contributed by atoms with Crippen molar-refractivity contribution in [2.45, 2.75) is 13.8 Å². The Morgan fingerprint density at radius 3 is 2.28 bits per heavy atom. The van der Waals surface area contributed by atoms with E-state index < -0.39 is 11.9 Å². The molecule has 0 saturated heterocycles. The van der Waals surface area contributed by atoms with Gasteiger partial charge in [0.25, 0.3) is 5.91 Å². The molecule has 0 aliphatic rings. The van der Waals surface area contributed by atoms with Gasteiger partial charge in [-0.1, -0.05) is 30.3 Å². The summed E-state index contributed by atoms with van der Waals surface area (Å²) in [4.78, 5) is 36.1. The molecule has 0 fully saturated rings. The van der Waals surface area contributed by atoms with Crippen molar-refractivity contribution in [3.05, 3.63) is 65.2 Å². The van der Waals surface area contributed by atoms with E-state index >= 15 is 0 Å². The number of carbonyl (C=O) groups is 3. The molecule has 0 heterocycles. The number of aryl methyl sites for hydroxylation is 1. The highest BCUT2D eigenvalue weighted by molar-refractivity contribution is 6.03. The van der Waals surface area contributed by atoms with Gasteiger partial charge >= 0.3 is 5.97 Å². The fourth-order valence-corrected chi connectivity index (χ4v) is 2.26. The minimum atomic E-state index is -0.512. The predicted molar refractivity (Wildman–Crippen MR) is 94.5 cm³/mol. The number of anilines is 1. The summed E-state index contributed by atoms with van der Waals surface area (Å²) >= 11 is 0. The van der Waals surface area contributed by atoms with Crippen LogP contribution in [0.1, 0.15) is 33.2 Å². The van der Waals surface area contributed by atoms with E-state index in [-0.39, 0.29) is 24.6 Å². The number of rotatable bonds is 6. The zero-order valence-corrected chi connectivity index (χ0v) is 14.2. The predicted octanol–water partition coefficient (Wildman–Crippen LogP) is 2.54. The van der Waals surface area contributed by atoms with Crippen LogP contribution in [-0.4, -0.2) is 30.9 Å². The minimum absolute atomic E-state index is 0.204. The second kappa shape index (κ2) is 8.63. The lowest BCUT2D eigenvalue weighted by atomic mass is 10.1. The molecule has 6 heteroatoms. The van der Waals surface area contributed by atoms with Crippen LogP contribution in [0, 0.1) is 6.92 Å². The SMILES string of the molecule is CCOC(=O)c1ccccc1NC(=O)CNC(=O)c1ccccc1C. The van der Waals surface area contributed by atoms with Crippen LogP contribution >= 0.6 is 0 Å². The molecule has 0 spiro atoms. The summed E-state index contributed by atoms with van der Waals surface area (Å²) in [6, 6.07) is 13.7. The van der Waals surface area contributed by atoms with Crippen molar-refractivity contribution in [1.82, 2.24) is 5.32 Å². The largest absolute Gasteiger partial charge is 0.462 e. The Kier molecular flexibility index (Phi) is 6.28. The van der Waals surface area contributed by atoms with E-state index in [1.165, 1.54) is 0 Å². The molecule has 2 N–H and O–H groups in total. The zero-order valence-electron chi connectivity index (χ0n) is 14.2. The molecule has 2 aromatic carbocycles. The smallest absolute Gasteiger partial charge is 0.340 e. The molecule has 0 bridgehead atoms. The normalized spacial score (nSPS) is 10.0. The molecule has 0 aliphatic carbocycles. The first-order valence-corrected chi connectivity index (χ1v) is 7.92. The number of benzene rings is 2. The summed E-state index contributed by atoms with van der Waals surface area (Å²) in [6.07, 6.45) is 0. The number of hydrogen-bond donors (Lipinski definition) is 2. The first-order valence-electron chi connectivity index (χ1n) is 7.92. The van der Waals surface area contributed by atoms with E-state index in [0.29, 0.717) is 11.3 Å². The lowest BCUT2D eigenvalue weighted by Gasteiger charge is -2.11. The molecule has 0 aliphatic heterocycles. The van der Waals surface area contributed by atoms with Crippen LogP contribution in [0.3, 0.4) is 0 Å². The summed E-state index contributed by atoms with van der Waals surface area (Å²) in [5, 5.41) is 5.18. The van der Waals surface area contributed by atoms with E-state index in [1.807, 2.05) is 19.1 Å². The molecular weight excluding hydrogens is 320 g/mol. The summed E-state index contributed by atoms with van der Waals surface area (Å²) in [5.41, 5.74) is 1.95. The molecular formula is C19H20N2O4. The summed E-state index contributed by atoms with van der Waals surface area (Å²) < 4.78 is 4.96. The third-order valence-electron chi connectivity index (χ3n) is 3.50. The fraction of sp³-hybridized carbons (Fsp3) is 0.211. The Labute approximate surface area is 146 Å². The highest BCUT2D eigenvalue weighted by Crippen LogP contribution is 2.16. The van der Waals surface area contributed by atoms with Crippen LogP contribution in [0.15, 0.2) is 48.5 Å². The molecule has 2 rings (SSSR count). The maximum Gasteiger partial charge on any atom is 0.340 e. The average molecular weight is 340 g/mol. The molecule has 0 aromatic heterocycles. The van der Waals surface area contributed by atoms with Crippen molar-refractivity contribution >= 4 is 23.5 Å². The van der Waals surface area contributed by atoms with Crippen LogP contribution in [-0.2, 0) is 9.53 Å². The monoisotopic (exact) mass is 340 g/mol. The number of amides is 2. The minimum Gasteiger partial charge on any atom is -0.462 e. The van der Waals surface area contributed by atoms with Gasteiger partial charge in [-0.15, -0.1) is 0 Å². The van der Waals surface area contributed by atoms with Gasteiger partial charge in [0.1, 0.15) is 0 Å². The molecule has 0 unspecified atom stereocenters. The molecule has 2 amide bonds. The van der Waals surface area contributed by atoms with E-state index in [0.717, 1.165) is 5.56 Å². The van der Waals surface area contributed by atoms with Gasteiger partial charge in [0.05, 0.1) is 24.4 Å².